The zero-order chi connectivity index (χ0) is 19.9. The largest absolute Gasteiger partial charge is 0.103 e. The number of unbranched alkanes of at least 4 members (excludes halogenated alkanes) is 8. The second kappa shape index (κ2) is 14.0. The molecule has 0 aromatic heterocycles. The van der Waals surface area contributed by atoms with Gasteiger partial charge in [-0.05, 0) is 73.6 Å². The highest BCUT2D eigenvalue weighted by Crippen LogP contribution is 2.22. The van der Waals surface area contributed by atoms with Gasteiger partial charge in [0.2, 0.25) is 0 Å². The Hall–Kier alpha value is -2.08. The quantitative estimate of drug-likeness (QED) is 0.216. The van der Waals surface area contributed by atoms with Crippen molar-refractivity contribution in [2.24, 2.45) is 0 Å². The van der Waals surface area contributed by atoms with Crippen LogP contribution in [-0.4, -0.2) is 0 Å². The fraction of sp³-hybridized carbons (Fsp3) is 0.429. The lowest BCUT2D eigenvalue weighted by atomic mass is 9.99. The van der Waals surface area contributed by atoms with Crippen molar-refractivity contribution in [1.29, 1.82) is 0 Å². The first-order valence-corrected chi connectivity index (χ1v) is 11.2. The smallest absolute Gasteiger partial charge is 0.0184 e. The molecule has 2 rings (SSSR count). The maximum Gasteiger partial charge on any atom is -0.0184 e. The number of hydrogen-bond donors (Lipinski definition) is 0. The molecule has 2 aromatic rings. The Labute approximate surface area is 173 Å². The molecule has 28 heavy (non-hydrogen) atoms. The fourth-order valence-corrected chi connectivity index (χ4v) is 3.67. The molecule has 0 aliphatic heterocycles. The summed E-state index contributed by atoms with van der Waals surface area (Å²) < 4.78 is 0. The maximum absolute atomic E-state index is 3.79. The summed E-state index contributed by atoms with van der Waals surface area (Å²) >= 11 is 0. The van der Waals surface area contributed by atoms with E-state index < -0.39 is 0 Å². The van der Waals surface area contributed by atoms with E-state index in [1.165, 1.54) is 86.5 Å². The normalized spacial score (nSPS) is 10.7. The summed E-state index contributed by atoms with van der Waals surface area (Å²) in [7, 11) is 0. The number of rotatable bonds is 15. The third kappa shape index (κ3) is 8.74. The van der Waals surface area contributed by atoms with Gasteiger partial charge in [0.15, 0.2) is 0 Å². The lowest BCUT2D eigenvalue weighted by molar-refractivity contribution is 0.646. The minimum Gasteiger partial charge on any atom is -0.103 e. The molecule has 0 unspecified atom stereocenters. The molecule has 150 valence electrons. The standard InChI is InChI=1S/C28H38/c1-3-5-7-9-11-13-15-25-17-21-27(22-18-25)28-23-19-26(20-24-28)16-14-12-10-8-6-4-2/h3-4,17-24H,1-2,5-16H2. The highest BCUT2D eigenvalue weighted by Gasteiger charge is 2.00. The van der Waals surface area contributed by atoms with E-state index in [1.54, 1.807) is 0 Å². The first-order valence-electron chi connectivity index (χ1n) is 11.2. The summed E-state index contributed by atoms with van der Waals surface area (Å²) in [4.78, 5) is 0. The fourth-order valence-electron chi connectivity index (χ4n) is 3.67. The monoisotopic (exact) mass is 374 g/mol. The van der Waals surface area contributed by atoms with Crippen molar-refractivity contribution in [2.75, 3.05) is 0 Å². The summed E-state index contributed by atoms with van der Waals surface area (Å²) in [5, 5.41) is 0. The van der Waals surface area contributed by atoms with E-state index in [4.69, 9.17) is 0 Å². The van der Waals surface area contributed by atoms with Gasteiger partial charge in [-0.2, -0.15) is 0 Å². The molecule has 0 N–H and O–H groups in total. The number of benzene rings is 2. The molecule has 0 saturated heterocycles. The van der Waals surface area contributed by atoms with Gasteiger partial charge < -0.3 is 0 Å². The summed E-state index contributed by atoms with van der Waals surface area (Å²) in [6.07, 6.45) is 19.2. The first kappa shape index (κ1) is 22.2. The zero-order valence-corrected chi connectivity index (χ0v) is 17.7. The highest BCUT2D eigenvalue weighted by atomic mass is 14.1. The third-order valence-corrected chi connectivity index (χ3v) is 5.49. The topological polar surface area (TPSA) is 0 Å². The van der Waals surface area contributed by atoms with Crippen LogP contribution in [0.15, 0.2) is 73.8 Å². The van der Waals surface area contributed by atoms with Crippen molar-refractivity contribution < 1.29 is 0 Å². The molecule has 0 heteroatoms. The van der Waals surface area contributed by atoms with Crippen LogP contribution in [0.4, 0.5) is 0 Å². The van der Waals surface area contributed by atoms with Gasteiger partial charge in [0.25, 0.3) is 0 Å². The summed E-state index contributed by atoms with van der Waals surface area (Å²) in [5.41, 5.74) is 5.57. The lowest BCUT2D eigenvalue weighted by Crippen LogP contribution is -1.88. The predicted molar refractivity (Wildman–Crippen MR) is 126 cm³/mol. The van der Waals surface area contributed by atoms with E-state index in [9.17, 15) is 0 Å². The molecule has 0 fully saturated rings. The van der Waals surface area contributed by atoms with Gasteiger partial charge in [0.1, 0.15) is 0 Å². The van der Waals surface area contributed by atoms with Crippen LogP contribution >= 0.6 is 0 Å². The van der Waals surface area contributed by atoms with Gasteiger partial charge >= 0.3 is 0 Å². The highest BCUT2D eigenvalue weighted by molar-refractivity contribution is 5.63. The average Bonchev–Trinajstić information content (AvgIpc) is 2.74. The first-order chi connectivity index (χ1) is 13.8. The zero-order valence-electron chi connectivity index (χ0n) is 17.7. The van der Waals surface area contributed by atoms with Crippen LogP contribution in [0.25, 0.3) is 11.1 Å². The maximum atomic E-state index is 3.79. The minimum absolute atomic E-state index is 1.16. The van der Waals surface area contributed by atoms with Gasteiger partial charge in [0, 0.05) is 0 Å². The van der Waals surface area contributed by atoms with Crippen LogP contribution in [0, 0.1) is 0 Å². The molecular formula is C28H38. The molecule has 2 aromatic carbocycles. The van der Waals surface area contributed by atoms with E-state index in [0.29, 0.717) is 0 Å². The van der Waals surface area contributed by atoms with Crippen molar-refractivity contribution in [3.8, 4) is 11.1 Å². The van der Waals surface area contributed by atoms with E-state index >= 15 is 0 Å². The van der Waals surface area contributed by atoms with Crippen LogP contribution in [-0.2, 0) is 12.8 Å². The second-order valence-corrected chi connectivity index (χ2v) is 7.88. The van der Waals surface area contributed by atoms with Crippen molar-refractivity contribution >= 4 is 0 Å². The molecular weight excluding hydrogens is 336 g/mol. The van der Waals surface area contributed by atoms with Crippen molar-refractivity contribution in [1.82, 2.24) is 0 Å². The predicted octanol–water partition coefficient (Wildman–Crippen LogP) is 8.71. The molecule has 0 heterocycles. The third-order valence-electron chi connectivity index (χ3n) is 5.49. The Balaban J connectivity index is 1.72. The van der Waals surface area contributed by atoms with Gasteiger partial charge in [-0.15, -0.1) is 13.2 Å². The van der Waals surface area contributed by atoms with Gasteiger partial charge in [0.05, 0.1) is 0 Å². The van der Waals surface area contributed by atoms with E-state index in [1.807, 2.05) is 12.2 Å². The van der Waals surface area contributed by atoms with Crippen LogP contribution in [0.2, 0.25) is 0 Å². The van der Waals surface area contributed by atoms with E-state index in [-0.39, 0.29) is 0 Å². The molecule has 0 aliphatic carbocycles. The lowest BCUT2D eigenvalue weighted by Gasteiger charge is -2.07. The van der Waals surface area contributed by atoms with Gasteiger partial charge in [-0.3, -0.25) is 0 Å². The molecule has 0 radical (unpaired) electrons. The van der Waals surface area contributed by atoms with Gasteiger partial charge in [-0.25, -0.2) is 0 Å². The van der Waals surface area contributed by atoms with Crippen LogP contribution in [0.3, 0.4) is 0 Å². The summed E-state index contributed by atoms with van der Waals surface area (Å²) in [6.45, 7) is 7.57. The number of allylic oxidation sites excluding steroid dienone is 2. The molecule has 0 saturated carbocycles. The molecule has 0 bridgehead atoms. The van der Waals surface area contributed by atoms with Crippen LogP contribution in [0.1, 0.15) is 75.3 Å². The van der Waals surface area contributed by atoms with Crippen molar-refractivity contribution in [3.05, 3.63) is 85.0 Å². The molecule has 0 spiro atoms. The number of hydrogen-bond acceptors (Lipinski definition) is 0. The minimum atomic E-state index is 1.16. The van der Waals surface area contributed by atoms with Crippen molar-refractivity contribution in [2.45, 2.75) is 77.0 Å². The average molecular weight is 375 g/mol. The second-order valence-electron chi connectivity index (χ2n) is 7.88. The van der Waals surface area contributed by atoms with Crippen LogP contribution in [0.5, 0.6) is 0 Å². The molecule has 0 atom stereocenters. The SMILES string of the molecule is C=CCCCCCCc1ccc(-c2ccc(CCCCCCC=C)cc2)cc1. The van der Waals surface area contributed by atoms with Crippen molar-refractivity contribution in [3.63, 3.8) is 0 Å². The summed E-state index contributed by atoms with van der Waals surface area (Å²) in [5.74, 6) is 0. The molecule has 0 aliphatic rings. The van der Waals surface area contributed by atoms with Gasteiger partial charge in [-0.1, -0.05) is 86.4 Å². The summed E-state index contributed by atoms with van der Waals surface area (Å²) in [6, 6.07) is 18.3. The Bertz CT molecular complexity index is 599. The Morgan fingerprint density at radius 1 is 0.464 bits per heavy atom. The molecule has 0 amide bonds. The Morgan fingerprint density at radius 3 is 1.18 bits per heavy atom. The molecule has 0 nitrogen and oxygen atoms in total. The van der Waals surface area contributed by atoms with E-state index in [0.717, 1.165) is 12.8 Å². The van der Waals surface area contributed by atoms with E-state index in [2.05, 4.69) is 61.7 Å². The Morgan fingerprint density at radius 2 is 0.821 bits per heavy atom. The Kier molecular flexibility index (Phi) is 11.1. The van der Waals surface area contributed by atoms with Crippen LogP contribution < -0.4 is 0 Å². The number of aryl methyl sites for hydroxylation is 2.